The molecule has 3 aromatic rings. The van der Waals surface area contributed by atoms with Crippen molar-refractivity contribution in [2.24, 2.45) is 0 Å². The summed E-state index contributed by atoms with van der Waals surface area (Å²) in [5.74, 6) is 2.68. The van der Waals surface area contributed by atoms with Crippen LogP contribution in [0.15, 0.2) is 59.1 Å². The lowest BCUT2D eigenvalue weighted by Gasteiger charge is -2.34. The molecule has 29 heavy (non-hydrogen) atoms. The molecule has 2 aromatic carbocycles. The van der Waals surface area contributed by atoms with Crippen molar-refractivity contribution in [2.45, 2.75) is 13.1 Å². The number of nitrogens with zero attached hydrogens (tertiary/aromatic N) is 3. The van der Waals surface area contributed by atoms with Crippen molar-refractivity contribution < 1.29 is 14.0 Å². The van der Waals surface area contributed by atoms with E-state index in [1.54, 1.807) is 14.2 Å². The fourth-order valence-electron chi connectivity index (χ4n) is 3.70. The van der Waals surface area contributed by atoms with Crippen molar-refractivity contribution in [1.29, 1.82) is 0 Å². The first-order valence-corrected chi connectivity index (χ1v) is 9.92. The SMILES string of the molecule is COc1ccc(OC)c(CN2CCN(Cc3cc(-c4ccccc4)no3)CC2)c1. The number of aromatic nitrogens is 1. The van der Waals surface area contributed by atoms with Crippen molar-refractivity contribution in [1.82, 2.24) is 15.0 Å². The summed E-state index contributed by atoms with van der Waals surface area (Å²) >= 11 is 0. The number of methoxy groups -OCH3 is 2. The normalized spacial score (nSPS) is 15.4. The van der Waals surface area contributed by atoms with E-state index in [1.807, 2.05) is 48.5 Å². The molecule has 1 aliphatic rings. The predicted octanol–water partition coefficient (Wildman–Crippen LogP) is 3.68. The predicted molar refractivity (Wildman–Crippen MR) is 112 cm³/mol. The molecule has 0 N–H and O–H groups in total. The lowest BCUT2D eigenvalue weighted by molar-refractivity contribution is 0.113. The molecule has 0 atom stereocenters. The Labute approximate surface area is 171 Å². The molecule has 1 fully saturated rings. The van der Waals surface area contributed by atoms with Crippen LogP contribution in [-0.4, -0.2) is 55.4 Å². The summed E-state index contributed by atoms with van der Waals surface area (Å²) in [7, 11) is 3.40. The molecule has 2 heterocycles. The van der Waals surface area contributed by atoms with Crippen LogP contribution in [0.25, 0.3) is 11.3 Å². The summed E-state index contributed by atoms with van der Waals surface area (Å²) in [5, 5.41) is 4.22. The number of ether oxygens (including phenoxy) is 2. The van der Waals surface area contributed by atoms with Crippen molar-refractivity contribution in [2.75, 3.05) is 40.4 Å². The van der Waals surface area contributed by atoms with Gasteiger partial charge in [-0.2, -0.15) is 0 Å². The Hall–Kier alpha value is -2.83. The number of hydrogen-bond acceptors (Lipinski definition) is 6. The molecule has 6 heteroatoms. The molecule has 0 radical (unpaired) electrons. The molecule has 0 aliphatic carbocycles. The highest BCUT2D eigenvalue weighted by Gasteiger charge is 2.20. The Kier molecular flexibility index (Phi) is 6.12. The van der Waals surface area contributed by atoms with Gasteiger partial charge in [-0.3, -0.25) is 9.80 Å². The number of benzene rings is 2. The summed E-state index contributed by atoms with van der Waals surface area (Å²) in [6, 6.07) is 18.1. The Morgan fingerprint density at radius 3 is 2.28 bits per heavy atom. The molecule has 6 nitrogen and oxygen atoms in total. The molecular formula is C23H27N3O3. The van der Waals surface area contributed by atoms with Gasteiger partial charge in [-0.1, -0.05) is 35.5 Å². The van der Waals surface area contributed by atoms with Gasteiger partial charge in [0.2, 0.25) is 0 Å². The Morgan fingerprint density at radius 1 is 0.862 bits per heavy atom. The van der Waals surface area contributed by atoms with E-state index in [4.69, 9.17) is 14.0 Å². The van der Waals surface area contributed by atoms with Crippen LogP contribution < -0.4 is 9.47 Å². The van der Waals surface area contributed by atoms with Gasteiger partial charge in [-0.05, 0) is 18.2 Å². The Morgan fingerprint density at radius 2 is 1.59 bits per heavy atom. The van der Waals surface area contributed by atoms with E-state index in [0.29, 0.717) is 0 Å². The third-order valence-electron chi connectivity index (χ3n) is 5.35. The molecule has 0 saturated carbocycles. The zero-order valence-electron chi connectivity index (χ0n) is 17.0. The first-order valence-electron chi connectivity index (χ1n) is 9.92. The molecule has 0 bridgehead atoms. The topological polar surface area (TPSA) is 51.0 Å². The maximum absolute atomic E-state index is 5.56. The van der Waals surface area contributed by atoms with Crippen LogP contribution in [-0.2, 0) is 13.1 Å². The third-order valence-corrected chi connectivity index (χ3v) is 5.35. The quantitative estimate of drug-likeness (QED) is 0.610. The van der Waals surface area contributed by atoms with E-state index in [1.165, 1.54) is 0 Å². The summed E-state index contributed by atoms with van der Waals surface area (Å²) in [6.07, 6.45) is 0. The minimum absolute atomic E-state index is 0.788. The Bertz CT molecular complexity index is 918. The van der Waals surface area contributed by atoms with E-state index < -0.39 is 0 Å². The zero-order valence-corrected chi connectivity index (χ0v) is 17.0. The first kappa shape index (κ1) is 19.5. The van der Waals surface area contributed by atoms with Gasteiger partial charge in [-0.15, -0.1) is 0 Å². The van der Waals surface area contributed by atoms with Crippen molar-refractivity contribution >= 4 is 0 Å². The van der Waals surface area contributed by atoms with E-state index in [2.05, 4.69) is 21.0 Å². The fourth-order valence-corrected chi connectivity index (χ4v) is 3.70. The van der Waals surface area contributed by atoms with Crippen LogP contribution >= 0.6 is 0 Å². The summed E-state index contributed by atoms with van der Waals surface area (Å²) in [4.78, 5) is 4.86. The van der Waals surface area contributed by atoms with Crippen LogP contribution in [0.5, 0.6) is 11.5 Å². The summed E-state index contributed by atoms with van der Waals surface area (Å²) in [5.41, 5.74) is 3.13. The van der Waals surface area contributed by atoms with Gasteiger partial charge in [0.25, 0.3) is 0 Å². The second-order valence-electron chi connectivity index (χ2n) is 7.27. The minimum atomic E-state index is 0.788. The lowest BCUT2D eigenvalue weighted by atomic mass is 10.1. The highest BCUT2D eigenvalue weighted by atomic mass is 16.5. The van der Waals surface area contributed by atoms with Crippen LogP contribution in [0.3, 0.4) is 0 Å². The third kappa shape index (κ3) is 4.78. The van der Waals surface area contributed by atoms with Gasteiger partial charge in [0, 0.05) is 49.9 Å². The number of rotatable bonds is 7. The zero-order chi connectivity index (χ0) is 20.1. The van der Waals surface area contributed by atoms with Crippen molar-refractivity contribution in [3.8, 4) is 22.8 Å². The van der Waals surface area contributed by atoms with E-state index in [0.717, 1.165) is 73.3 Å². The average Bonchev–Trinajstić information content (AvgIpc) is 3.24. The van der Waals surface area contributed by atoms with Crippen LogP contribution in [0.2, 0.25) is 0 Å². The van der Waals surface area contributed by atoms with Crippen LogP contribution in [0, 0.1) is 0 Å². The van der Waals surface area contributed by atoms with E-state index in [-0.39, 0.29) is 0 Å². The maximum Gasteiger partial charge on any atom is 0.151 e. The van der Waals surface area contributed by atoms with E-state index >= 15 is 0 Å². The summed E-state index contributed by atoms with van der Waals surface area (Å²) in [6.45, 7) is 5.63. The van der Waals surface area contributed by atoms with Crippen LogP contribution in [0.4, 0.5) is 0 Å². The van der Waals surface area contributed by atoms with Gasteiger partial charge in [-0.25, -0.2) is 0 Å². The second kappa shape index (κ2) is 9.11. The molecule has 0 amide bonds. The molecule has 1 saturated heterocycles. The highest BCUT2D eigenvalue weighted by molar-refractivity contribution is 5.58. The molecule has 152 valence electrons. The molecular weight excluding hydrogens is 366 g/mol. The molecule has 4 rings (SSSR count). The average molecular weight is 393 g/mol. The standard InChI is InChI=1S/C23H27N3O3/c1-27-20-8-9-23(28-2)19(14-20)16-25-10-12-26(13-11-25)17-21-15-22(24-29-21)18-6-4-3-5-7-18/h3-9,14-15H,10-13,16-17H2,1-2H3. The number of hydrogen-bond donors (Lipinski definition) is 0. The number of piperazine rings is 1. The molecule has 0 spiro atoms. The van der Waals surface area contributed by atoms with Gasteiger partial charge in [0.15, 0.2) is 5.76 Å². The highest BCUT2D eigenvalue weighted by Crippen LogP contribution is 2.26. The summed E-state index contributed by atoms with van der Waals surface area (Å²) < 4.78 is 16.4. The monoisotopic (exact) mass is 393 g/mol. The maximum atomic E-state index is 5.56. The largest absolute Gasteiger partial charge is 0.497 e. The lowest BCUT2D eigenvalue weighted by Crippen LogP contribution is -2.45. The van der Waals surface area contributed by atoms with Crippen LogP contribution in [0.1, 0.15) is 11.3 Å². The van der Waals surface area contributed by atoms with Gasteiger partial charge in [0.1, 0.15) is 17.2 Å². The van der Waals surface area contributed by atoms with Crippen molar-refractivity contribution in [3.63, 3.8) is 0 Å². The first-order chi connectivity index (χ1) is 14.2. The van der Waals surface area contributed by atoms with Gasteiger partial charge in [0.05, 0.1) is 20.8 Å². The second-order valence-corrected chi connectivity index (χ2v) is 7.27. The van der Waals surface area contributed by atoms with Gasteiger partial charge >= 0.3 is 0 Å². The van der Waals surface area contributed by atoms with Gasteiger partial charge < -0.3 is 14.0 Å². The molecule has 0 unspecified atom stereocenters. The van der Waals surface area contributed by atoms with Crippen molar-refractivity contribution in [3.05, 3.63) is 65.9 Å². The molecule has 1 aliphatic heterocycles. The minimum Gasteiger partial charge on any atom is -0.497 e. The smallest absolute Gasteiger partial charge is 0.151 e. The van der Waals surface area contributed by atoms with E-state index in [9.17, 15) is 0 Å². The fraction of sp³-hybridized carbons (Fsp3) is 0.348. The molecule has 1 aromatic heterocycles. The Balaban J connectivity index is 1.32.